The Hall–Kier alpha value is -1.36. The first-order valence-corrected chi connectivity index (χ1v) is 7.02. The molecule has 0 radical (unpaired) electrons. The van der Waals surface area contributed by atoms with Crippen LogP contribution in [0.4, 0.5) is 5.69 Å². The van der Waals surface area contributed by atoms with E-state index < -0.39 is 0 Å². The Kier molecular flexibility index (Phi) is 6.02. The summed E-state index contributed by atoms with van der Waals surface area (Å²) in [5, 5.41) is 2.81. The number of rotatable bonds is 5. The van der Waals surface area contributed by atoms with Crippen LogP contribution in [-0.4, -0.2) is 24.9 Å². The molecular weight excluding hydrogens is 308 g/mol. The van der Waals surface area contributed by atoms with Crippen LogP contribution in [0.2, 0.25) is 0 Å². The van der Waals surface area contributed by atoms with E-state index in [1.807, 2.05) is 38.1 Å². The lowest BCUT2D eigenvalue weighted by molar-refractivity contribution is -0.124. The van der Waals surface area contributed by atoms with E-state index in [0.717, 1.165) is 10.2 Å². The second-order valence-electron chi connectivity index (χ2n) is 4.60. The third-order valence-corrected chi connectivity index (χ3v) is 3.15. The van der Waals surface area contributed by atoms with Crippen molar-refractivity contribution in [2.75, 3.05) is 18.0 Å². The van der Waals surface area contributed by atoms with Gasteiger partial charge in [-0.1, -0.05) is 35.8 Å². The maximum atomic E-state index is 11.7. The van der Waals surface area contributed by atoms with Gasteiger partial charge in [-0.05, 0) is 18.2 Å². The van der Waals surface area contributed by atoms with Crippen LogP contribution in [0.15, 0.2) is 28.7 Å². The fourth-order valence-corrected chi connectivity index (χ4v) is 1.99. The van der Waals surface area contributed by atoms with Gasteiger partial charge in [-0.25, -0.2) is 0 Å². The average molecular weight is 327 g/mol. The summed E-state index contributed by atoms with van der Waals surface area (Å²) >= 11 is 3.38. The highest BCUT2D eigenvalue weighted by Crippen LogP contribution is 2.19. The van der Waals surface area contributed by atoms with E-state index in [1.165, 1.54) is 6.92 Å². The smallest absolute Gasteiger partial charge is 0.223 e. The zero-order valence-corrected chi connectivity index (χ0v) is 13.0. The topological polar surface area (TPSA) is 49.4 Å². The van der Waals surface area contributed by atoms with Crippen LogP contribution in [0.3, 0.4) is 0 Å². The van der Waals surface area contributed by atoms with E-state index in [2.05, 4.69) is 21.2 Å². The molecule has 0 aliphatic carbocycles. The molecule has 1 rings (SSSR count). The van der Waals surface area contributed by atoms with Gasteiger partial charge in [-0.15, -0.1) is 0 Å². The second kappa shape index (κ2) is 7.28. The van der Waals surface area contributed by atoms with E-state index in [9.17, 15) is 9.59 Å². The van der Waals surface area contributed by atoms with Crippen molar-refractivity contribution in [2.24, 2.45) is 5.92 Å². The number of nitrogens with one attached hydrogen (secondary N) is 1. The Morgan fingerprint density at radius 2 is 2.05 bits per heavy atom. The van der Waals surface area contributed by atoms with Crippen molar-refractivity contribution in [3.05, 3.63) is 28.7 Å². The van der Waals surface area contributed by atoms with Crippen LogP contribution in [0.5, 0.6) is 0 Å². The minimum Gasteiger partial charge on any atom is -0.354 e. The van der Waals surface area contributed by atoms with Gasteiger partial charge in [0.15, 0.2) is 0 Å². The number of hydrogen-bond acceptors (Lipinski definition) is 2. The number of halogens is 1. The van der Waals surface area contributed by atoms with Crippen LogP contribution in [-0.2, 0) is 9.59 Å². The van der Waals surface area contributed by atoms with Crippen molar-refractivity contribution >= 4 is 33.4 Å². The lowest BCUT2D eigenvalue weighted by Gasteiger charge is -2.22. The normalized spacial score (nSPS) is 10.4. The third kappa shape index (κ3) is 5.03. The summed E-state index contributed by atoms with van der Waals surface area (Å²) in [6.07, 6.45) is 0. The number of carbonyl (C=O) groups excluding carboxylic acids is 2. The molecule has 1 aromatic carbocycles. The molecule has 0 aliphatic heterocycles. The van der Waals surface area contributed by atoms with Crippen LogP contribution in [0.1, 0.15) is 20.8 Å². The molecule has 0 fully saturated rings. The van der Waals surface area contributed by atoms with Gasteiger partial charge < -0.3 is 10.2 Å². The molecule has 0 spiro atoms. The van der Waals surface area contributed by atoms with Gasteiger partial charge in [0, 0.05) is 36.1 Å². The number of anilines is 1. The van der Waals surface area contributed by atoms with Crippen LogP contribution in [0.25, 0.3) is 0 Å². The van der Waals surface area contributed by atoms with Crippen molar-refractivity contribution in [3.8, 4) is 0 Å². The molecule has 0 aliphatic rings. The van der Waals surface area contributed by atoms with Crippen LogP contribution in [0, 0.1) is 5.92 Å². The first-order valence-electron chi connectivity index (χ1n) is 6.23. The standard InChI is InChI=1S/C14H19BrN2O2/c1-10(2)14(19)16-7-8-17(11(3)18)13-6-4-5-12(15)9-13/h4-6,9-10H,7-8H2,1-3H3,(H,16,19). The van der Waals surface area contributed by atoms with Crippen molar-refractivity contribution in [1.29, 1.82) is 0 Å². The number of amides is 2. The summed E-state index contributed by atoms with van der Waals surface area (Å²) in [5.74, 6) is -0.0914. The van der Waals surface area contributed by atoms with Gasteiger partial charge in [0.1, 0.15) is 0 Å². The number of benzene rings is 1. The van der Waals surface area contributed by atoms with Gasteiger partial charge in [-0.2, -0.15) is 0 Å². The Morgan fingerprint density at radius 1 is 1.37 bits per heavy atom. The molecule has 19 heavy (non-hydrogen) atoms. The van der Waals surface area contributed by atoms with E-state index in [-0.39, 0.29) is 17.7 Å². The summed E-state index contributed by atoms with van der Waals surface area (Å²) in [5.41, 5.74) is 0.820. The first-order chi connectivity index (χ1) is 8.91. The van der Waals surface area contributed by atoms with Gasteiger partial charge in [-0.3, -0.25) is 9.59 Å². The van der Waals surface area contributed by atoms with E-state index in [4.69, 9.17) is 0 Å². The monoisotopic (exact) mass is 326 g/mol. The quantitative estimate of drug-likeness (QED) is 0.904. The van der Waals surface area contributed by atoms with Crippen molar-refractivity contribution in [2.45, 2.75) is 20.8 Å². The van der Waals surface area contributed by atoms with Gasteiger partial charge in [0.05, 0.1) is 0 Å². The number of nitrogens with zero attached hydrogens (tertiary/aromatic N) is 1. The predicted molar refractivity (Wildman–Crippen MR) is 80.0 cm³/mol. The molecular formula is C14H19BrN2O2. The summed E-state index contributed by atoms with van der Waals surface area (Å²) in [6.45, 7) is 6.11. The van der Waals surface area contributed by atoms with Crippen LogP contribution >= 0.6 is 15.9 Å². The summed E-state index contributed by atoms with van der Waals surface area (Å²) < 4.78 is 0.919. The molecule has 104 valence electrons. The molecule has 0 bridgehead atoms. The molecule has 1 N–H and O–H groups in total. The Labute approximate surface area is 122 Å². The predicted octanol–water partition coefficient (Wildman–Crippen LogP) is 2.57. The third-order valence-electron chi connectivity index (χ3n) is 2.66. The molecule has 0 saturated carbocycles. The molecule has 0 atom stereocenters. The average Bonchev–Trinajstić information content (AvgIpc) is 2.33. The molecule has 0 aromatic heterocycles. The van der Waals surface area contributed by atoms with Gasteiger partial charge in [0.2, 0.25) is 11.8 Å². The molecule has 1 aromatic rings. The number of hydrogen-bond donors (Lipinski definition) is 1. The van der Waals surface area contributed by atoms with E-state index in [1.54, 1.807) is 4.90 Å². The lowest BCUT2D eigenvalue weighted by atomic mass is 10.2. The summed E-state index contributed by atoms with van der Waals surface area (Å²) in [4.78, 5) is 24.8. The van der Waals surface area contributed by atoms with E-state index in [0.29, 0.717) is 13.1 Å². The number of carbonyl (C=O) groups is 2. The Balaban J connectivity index is 2.65. The fourth-order valence-electron chi connectivity index (χ4n) is 1.61. The zero-order valence-electron chi connectivity index (χ0n) is 11.4. The van der Waals surface area contributed by atoms with Crippen molar-refractivity contribution in [3.63, 3.8) is 0 Å². The highest BCUT2D eigenvalue weighted by Gasteiger charge is 2.12. The molecule has 4 nitrogen and oxygen atoms in total. The molecule has 0 saturated heterocycles. The zero-order chi connectivity index (χ0) is 14.4. The lowest BCUT2D eigenvalue weighted by Crippen LogP contribution is -2.38. The minimum atomic E-state index is -0.0448. The largest absolute Gasteiger partial charge is 0.354 e. The van der Waals surface area contributed by atoms with Crippen molar-refractivity contribution < 1.29 is 9.59 Å². The minimum absolute atomic E-state index is 0.00209. The maximum absolute atomic E-state index is 11.7. The van der Waals surface area contributed by atoms with Crippen molar-refractivity contribution in [1.82, 2.24) is 5.32 Å². The SMILES string of the molecule is CC(=O)N(CCNC(=O)C(C)C)c1cccc(Br)c1. The van der Waals surface area contributed by atoms with Gasteiger partial charge >= 0.3 is 0 Å². The maximum Gasteiger partial charge on any atom is 0.223 e. The van der Waals surface area contributed by atoms with Gasteiger partial charge in [0.25, 0.3) is 0 Å². The first kappa shape index (κ1) is 15.7. The highest BCUT2D eigenvalue weighted by atomic mass is 79.9. The fraction of sp³-hybridized carbons (Fsp3) is 0.429. The molecule has 0 heterocycles. The van der Waals surface area contributed by atoms with Crippen LogP contribution < -0.4 is 10.2 Å². The van der Waals surface area contributed by atoms with E-state index >= 15 is 0 Å². The Morgan fingerprint density at radius 3 is 2.58 bits per heavy atom. The molecule has 0 unspecified atom stereocenters. The molecule has 2 amide bonds. The Bertz CT molecular complexity index is 461. The second-order valence-corrected chi connectivity index (χ2v) is 5.51. The highest BCUT2D eigenvalue weighted by molar-refractivity contribution is 9.10. The summed E-state index contributed by atoms with van der Waals surface area (Å²) in [7, 11) is 0. The summed E-state index contributed by atoms with van der Waals surface area (Å²) in [6, 6.07) is 7.53. The molecule has 5 heteroatoms.